The number of piperazine rings is 1. The quantitative estimate of drug-likeness (QED) is 0.492. The van der Waals surface area contributed by atoms with Crippen molar-refractivity contribution in [3.8, 4) is 5.88 Å². The SMILES string of the molecule is COc1cccc(N2CCN(C(=O)c3c4ccccc4nc4ccccc34)CC2)n1. The van der Waals surface area contributed by atoms with Crippen LogP contribution < -0.4 is 9.64 Å². The Balaban J connectivity index is 1.45. The number of ether oxygens (including phenoxy) is 1. The number of carbonyl (C=O) groups excluding carboxylic acids is 1. The van der Waals surface area contributed by atoms with Crippen LogP contribution in [0.2, 0.25) is 0 Å². The van der Waals surface area contributed by atoms with E-state index in [2.05, 4.69) is 9.88 Å². The first kappa shape index (κ1) is 18.4. The summed E-state index contributed by atoms with van der Waals surface area (Å²) >= 11 is 0. The molecule has 1 aliphatic heterocycles. The smallest absolute Gasteiger partial charge is 0.255 e. The first-order chi connectivity index (χ1) is 14.7. The molecule has 0 unspecified atom stereocenters. The van der Waals surface area contributed by atoms with Gasteiger partial charge in [-0.15, -0.1) is 0 Å². The Bertz CT molecular complexity index is 1180. The molecule has 6 heteroatoms. The number of pyridine rings is 2. The van der Waals surface area contributed by atoms with E-state index in [1.807, 2.05) is 71.6 Å². The highest BCUT2D eigenvalue weighted by molar-refractivity contribution is 6.16. The molecule has 2 aromatic carbocycles. The molecule has 0 aliphatic carbocycles. The molecule has 30 heavy (non-hydrogen) atoms. The zero-order valence-electron chi connectivity index (χ0n) is 16.8. The average molecular weight is 398 g/mol. The monoisotopic (exact) mass is 398 g/mol. The largest absolute Gasteiger partial charge is 0.481 e. The maximum atomic E-state index is 13.6. The van der Waals surface area contributed by atoms with Crippen LogP contribution in [0.25, 0.3) is 21.8 Å². The van der Waals surface area contributed by atoms with E-state index in [0.29, 0.717) is 19.0 Å². The number of hydrogen-bond donors (Lipinski definition) is 0. The number of anilines is 1. The zero-order valence-corrected chi connectivity index (χ0v) is 16.8. The van der Waals surface area contributed by atoms with Crippen molar-refractivity contribution in [1.29, 1.82) is 0 Å². The van der Waals surface area contributed by atoms with E-state index in [0.717, 1.165) is 46.3 Å². The van der Waals surface area contributed by atoms with Gasteiger partial charge in [-0.3, -0.25) is 4.79 Å². The van der Waals surface area contributed by atoms with E-state index in [-0.39, 0.29) is 5.91 Å². The van der Waals surface area contributed by atoms with Gasteiger partial charge in [0.05, 0.1) is 23.7 Å². The summed E-state index contributed by atoms with van der Waals surface area (Å²) in [6.07, 6.45) is 0. The maximum absolute atomic E-state index is 13.6. The highest BCUT2D eigenvalue weighted by Crippen LogP contribution is 2.28. The number of methoxy groups -OCH3 is 1. The van der Waals surface area contributed by atoms with Crippen LogP contribution in [0.1, 0.15) is 10.4 Å². The van der Waals surface area contributed by atoms with Crippen molar-refractivity contribution in [2.75, 3.05) is 38.2 Å². The molecular formula is C24H22N4O2. The van der Waals surface area contributed by atoms with Crippen LogP contribution in [0.5, 0.6) is 5.88 Å². The predicted molar refractivity (Wildman–Crippen MR) is 118 cm³/mol. The molecule has 1 aliphatic rings. The number of nitrogens with zero attached hydrogens (tertiary/aromatic N) is 4. The van der Waals surface area contributed by atoms with Crippen LogP contribution in [-0.4, -0.2) is 54.1 Å². The summed E-state index contributed by atoms with van der Waals surface area (Å²) in [6, 6.07) is 21.5. The highest BCUT2D eigenvalue weighted by atomic mass is 16.5. The van der Waals surface area contributed by atoms with Gasteiger partial charge in [0, 0.05) is 43.0 Å². The van der Waals surface area contributed by atoms with Gasteiger partial charge in [0.25, 0.3) is 5.91 Å². The number of aromatic nitrogens is 2. The fourth-order valence-corrected chi connectivity index (χ4v) is 4.06. The number of para-hydroxylation sites is 2. The van der Waals surface area contributed by atoms with Crippen LogP contribution in [0.4, 0.5) is 5.82 Å². The molecule has 1 saturated heterocycles. The van der Waals surface area contributed by atoms with Gasteiger partial charge < -0.3 is 14.5 Å². The Labute approximate surface area is 174 Å². The molecule has 150 valence electrons. The zero-order chi connectivity index (χ0) is 20.5. The summed E-state index contributed by atoms with van der Waals surface area (Å²) in [6.45, 7) is 2.74. The molecule has 0 bridgehead atoms. The number of carbonyl (C=O) groups is 1. The highest BCUT2D eigenvalue weighted by Gasteiger charge is 2.26. The lowest BCUT2D eigenvalue weighted by Gasteiger charge is -2.35. The normalized spacial score (nSPS) is 14.3. The summed E-state index contributed by atoms with van der Waals surface area (Å²) in [5, 5.41) is 1.80. The van der Waals surface area contributed by atoms with Crippen LogP contribution in [0.3, 0.4) is 0 Å². The molecule has 1 amide bonds. The van der Waals surface area contributed by atoms with Crippen LogP contribution >= 0.6 is 0 Å². The fraction of sp³-hybridized carbons (Fsp3) is 0.208. The maximum Gasteiger partial charge on any atom is 0.255 e. The Hall–Kier alpha value is -3.67. The van der Waals surface area contributed by atoms with Crippen molar-refractivity contribution in [3.63, 3.8) is 0 Å². The van der Waals surface area contributed by atoms with E-state index >= 15 is 0 Å². The molecule has 0 N–H and O–H groups in total. The standard InChI is InChI=1S/C24H22N4O2/c1-30-22-12-6-11-21(26-22)27-13-15-28(16-14-27)24(29)23-17-7-2-4-9-19(17)25-20-10-5-3-8-18(20)23/h2-12H,13-16H2,1H3. The van der Waals surface area contributed by atoms with E-state index in [1.165, 1.54) is 0 Å². The summed E-state index contributed by atoms with van der Waals surface area (Å²) < 4.78 is 5.24. The molecule has 0 saturated carbocycles. The molecule has 2 aromatic heterocycles. The van der Waals surface area contributed by atoms with Crippen LogP contribution in [0.15, 0.2) is 66.7 Å². The lowest BCUT2D eigenvalue weighted by atomic mass is 10.0. The molecule has 1 fully saturated rings. The number of hydrogen-bond acceptors (Lipinski definition) is 5. The predicted octanol–water partition coefficient (Wildman–Crippen LogP) is 3.75. The molecule has 0 radical (unpaired) electrons. The second-order valence-corrected chi connectivity index (χ2v) is 7.34. The second kappa shape index (κ2) is 7.63. The summed E-state index contributed by atoms with van der Waals surface area (Å²) in [5.74, 6) is 1.53. The van der Waals surface area contributed by atoms with Crippen molar-refractivity contribution in [1.82, 2.24) is 14.9 Å². The number of rotatable bonds is 3. The molecule has 0 atom stereocenters. The van der Waals surface area contributed by atoms with Crippen molar-refractivity contribution >= 4 is 33.5 Å². The van der Waals surface area contributed by atoms with Gasteiger partial charge in [-0.05, 0) is 18.2 Å². The minimum Gasteiger partial charge on any atom is -0.481 e. The Morgan fingerprint density at radius 3 is 2.07 bits per heavy atom. The Morgan fingerprint density at radius 2 is 1.43 bits per heavy atom. The molecule has 0 spiro atoms. The molecule has 5 rings (SSSR count). The third kappa shape index (κ3) is 3.20. The van der Waals surface area contributed by atoms with Gasteiger partial charge in [0.15, 0.2) is 0 Å². The average Bonchev–Trinajstić information content (AvgIpc) is 2.82. The third-order valence-electron chi connectivity index (χ3n) is 5.61. The van der Waals surface area contributed by atoms with Gasteiger partial charge in [0.1, 0.15) is 5.82 Å². The Kier molecular flexibility index (Phi) is 4.67. The molecule has 6 nitrogen and oxygen atoms in total. The van der Waals surface area contributed by atoms with Gasteiger partial charge >= 0.3 is 0 Å². The van der Waals surface area contributed by atoms with Crippen LogP contribution in [0, 0.1) is 0 Å². The minimum absolute atomic E-state index is 0.0584. The van der Waals surface area contributed by atoms with Crippen LogP contribution in [-0.2, 0) is 0 Å². The summed E-state index contributed by atoms with van der Waals surface area (Å²) in [4.78, 5) is 27.0. The first-order valence-corrected chi connectivity index (χ1v) is 10.1. The van der Waals surface area contributed by atoms with Gasteiger partial charge in [-0.2, -0.15) is 4.98 Å². The van der Waals surface area contributed by atoms with Crippen molar-refractivity contribution in [2.45, 2.75) is 0 Å². The van der Waals surface area contributed by atoms with Crippen molar-refractivity contribution < 1.29 is 9.53 Å². The lowest BCUT2D eigenvalue weighted by Crippen LogP contribution is -2.49. The number of benzene rings is 2. The molecular weight excluding hydrogens is 376 g/mol. The topological polar surface area (TPSA) is 58.6 Å². The lowest BCUT2D eigenvalue weighted by molar-refractivity contribution is 0.0750. The van der Waals surface area contributed by atoms with E-state index in [9.17, 15) is 4.79 Å². The van der Waals surface area contributed by atoms with Crippen molar-refractivity contribution in [3.05, 3.63) is 72.3 Å². The fourth-order valence-electron chi connectivity index (χ4n) is 4.06. The van der Waals surface area contributed by atoms with Crippen molar-refractivity contribution in [2.24, 2.45) is 0 Å². The summed E-state index contributed by atoms with van der Waals surface area (Å²) in [7, 11) is 1.62. The summed E-state index contributed by atoms with van der Waals surface area (Å²) in [5.41, 5.74) is 2.43. The minimum atomic E-state index is 0.0584. The number of amides is 1. The first-order valence-electron chi connectivity index (χ1n) is 10.1. The van der Waals surface area contributed by atoms with E-state index in [1.54, 1.807) is 7.11 Å². The van der Waals surface area contributed by atoms with Gasteiger partial charge in [-0.1, -0.05) is 42.5 Å². The Morgan fingerprint density at radius 1 is 0.800 bits per heavy atom. The van der Waals surface area contributed by atoms with Gasteiger partial charge in [-0.25, -0.2) is 4.98 Å². The van der Waals surface area contributed by atoms with E-state index in [4.69, 9.17) is 9.72 Å². The number of fused-ring (bicyclic) bond motifs is 2. The van der Waals surface area contributed by atoms with E-state index < -0.39 is 0 Å². The third-order valence-corrected chi connectivity index (χ3v) is 5.61. The van der Waals surface area contributed by atoms with Gasteiger partial charge in [0.2, 0.25) is 5.88 Å². The second-order valence-electron chi connectivity index (χ2n) is 7.34. The molecule has 4 aromatic rings. The molecule has 3 heterocycles.